The summed E-state index contributed by atoms with van der Waals surface area (Å²) in [7, 11) is -6.06. The molecule has 7 nitrogen and oxygen atoms in total. The molecule has 0 bridgehead atoms. The van der Waals surface area contributed by atoms with E-state index < -0.39 is 52.1 Å². The minimum absolute atomic E-state index is 0.215. The van der Waals surface area contributed by atoms with E-state index in [1.54, 1.807) is 27.7 Å². The van der Waals surface area contributed by atoms with Crippen molar-refractivity contribution in [2.24, 2.45) is 0 Å². The topological polar surface area (TPSA) is 91.3 Å². The van der Waals surface area contributed by atoms with Gasteiger partial charge in [0.1, 0.15) is 0 Å². The van der Waals surface area contributed by atoms with E-state index in [9.17, 15) is 21.8 Å². The van der Waals surface area contributed by atoms with Crippen LogP contribution in [-0.2, 0) is 19.6 Å². The number of ether oxygens (including phenoxy) is 4. The Kier molecular flexibility index (Phi) is 9.39. The molecule has 0 amide bonds. The minimum atomic E-state index is -6.44. The third-order valence-corrected chi connectivity index (χ3v) is 14.5. The molecule has 0 aliphatic carbocycles. The van der Waals surface area contributed by atoms with Gasteiger partial charge in [0.15, 0.2) is 0 Å². The van der Waals surface area contributed by atoms with E-state index in [4.69, 9.17) is 18.9 Å². The first-order valence-corrected chi connectivity index (χ1v) is 15.4. The van der Waals surface area contributed by atoms with Crippen molar-refractivity contribution in [3.05, 3.63) is 55.7 Å². The fraction of sp³-hybridized carbons (Fsp3) is 0.429. The quantitative estimate of drug-likeness (QED) is 0.170. The molecule has 0 aromatic heterocycles. The van der Waals surface area contributed by atoms with Gasteiger partial charge in [0.25, 0.3) is 0 Å². The van der Waals surface area contributed by atoms with Crippen molar-refractivity contribution in [2.75, 3.05) is 13.2 Å². The van der Waals surface area contributed by atoms with Crippen molar-refractivity contribution in [2.45, 2.75) is 43.5 Å². The number of hydrogen-bond donors (Lipinski definition) is 1. The van der Waals surface area contributed by atoms with Gasteiger partial charge in [-0.05, 0) is 0 Å². The first-order chi connectivity index (χ1) is 15.4. The Hall–Kier alpha value is -1.61. The van der Waals surface area contributed by atoms with E-state index in [1.807, 2.05) is 0 Å². The van der Waals surface area contributed by atoms with Gasteiger partial charge in [-0.25, -0.2) is 0 Å². The number of hydrogen-bond acceptors (Lipinski definition) is 6. The predicted octanol–water partition coefficient (Wildman–Crippen LogP) is 1.73. The molecular formula is C21H27F3IO7S-. The van der Waals surface area contributed by atoms with Gasteiger partial charge in [-0.1, -0.05) is 0 Å². The zero-order valence-electron chi connectivity index (χ0n) is 18.5. The van der Waals surface area contributed by atoms with Crippen molar-refractivity contribution in [3.63, 3.8) is 0 Å². The van der Waals surface area contributed by atoms with Crippen molar-refractivity contribution in [3.8, 4) is 11.5 Å². The Morgan fingerprint density at radius 3 is 1.45 bits per heavy atom. The SMILES string of the molecule is CCOC(C)Oc1ccc([I-](F)(c2ccc(OC(C)OCC)cc2)C(F)(F)S(=O)(=O)O)cc1. The van der Waals surface area contributed by atoms with Crippen LogP contribution < -0.4 is 28.5 Å². The van der Waals surface area contributed by atoms with Crippen LogP contribution in [0.1, 0.15) is 27.7 Å². The summed E-state index contributed by atoms with van der Waals surface area (Å²) in [4.78, 5) is 0. The van der Waals surface area contributed by atoms with Gasteiger partial charge in [-0.15, -0.1) is 0 Å². The molecule has 2 aromatic carbocycles. The summed E-state index contributed by atoms with van der Waals surface area (Å²) >= 11 is -6.44. The predicted molar refractivity (Wildman–Crippen MR) is 111 cm³/mol. The van der Waals surface area contributed by atoms with Crippen LogP contribution in [0.2, 0.25) is 0 Å². The van der Waals surface area contributed by atoms with E-state index >= 15 is 2.86 Å². The fourth-order valence-corrected chi connectivity index (χ4v) is 11.4. The van der Waals surface area contributed by atoms with Gasteiger partial charge in [-0.2, -0.15) is 0 Å². The second kappa shape index (κ2) is 11.2. The molecule has 12 heteroatoms. The van der Waals surface area contributed by atoms with Crippen LogP contribution in [0.25, 0.3) is 0 Å². The Morgan fingerprint density at radius 1 is 0.848 bits per heavy atom. The zero-order chi connectivity index (χ0) is 24.9. The zero-order valence-corrected chi connectivity index (χ0v) is 21.5. The van der Waals surface area contributed by atoms with Crippen LogP contribution >= 0.6 is 0 Å². The molecule has 0 aliphatic heterocycles. The van der Waals surface area contributed by atoms with Gasteiger partial charge in [0.2, 0.25) is 0 Å². The second-order valence-corrected chi connectivity index (χ2v) is 15.5. The summed E-state index contributed by atoms with van der Waals surface area (Å²) < 4.78 is 93.8. The second-order valence-electron chi connectivity index (χ2n) is 6.61. The molecular weight excluding hydrogens is 580 g/mol. The molecule has 0 aliphatic rings. The van der Waals surface area contributed by atoms with Crippen molar-refractivity contribution < 1.29 is 62.6 Å². The third kappa shape index (κ3) is 6.29. The molecule has 0 fully saturated rings. The van der Waals surface area contributed by atoms with Crippen LogP contribution in [0.15, 0.2) is 48.5 Å². The average Bonchev–Trinajstić information content (AvgIpc) is 2.73. The maximum absolute atomic E-state index is 16.3. The summed E-state index contributed by atoms with van der Waals surface area (Å²) in [6.45, 7) is 7.53. The van der Waals surface area contributed by atoms with E-state index in [1.165, 1.54) is 24.3 Å². The molecule has 2 rings (SSSR count). The molecule has 0 heterocycles. The monoisotopic (exact) mass is 607 g/mol. The van der Waals surface area contributed by atoms with Gasteiger partial charge in [0, 0.05) is 0 Å². The standard InChI is InChI=1S/C21H27F3IO7S/c1-5-29-15(3)31-19-11-7-17(8-12-19)25(24,21(22,23)33(26,27)28)18-9-13-20(14-10-18)32-16(4)30-6-2/h7-16H,5-6H2,1-4H3,(H,26,27,28)/q-1. The van der Waals surface area contributed by atoms with Crippen molar-refractivity contribution in [1.29, 1.82) is 0 Å². The van der Waals surface area contributed by atoms with Crippen LogP contribution in [0, 0.1) is 7.14 Å². The summed E-state index contributed by atoms with van der Waals surface area (Å²) in [6, 6.07) is 9.09. The van der Waals surface area contributed by atoms with Crippen LogP contribution in [0.3, 0.4) is 0 Å². The van der Waals surface area contributed by atoms with Gasteiger partial charge < -0.3 is 0 Å². The normalized spacial score (nSPS) is 17.0. The fourth-order valence-electron chi connectivity index (χ4n) is 2.81. The maximum atomic E-state index is 16.3. The van der Waals surface area contributed by atoms with Crippen molar-refractivity contribution >= 4 is 10.1 Å². The molecule has 2 aromatic rings. The number of benzene rings is 2. The first-order valence-electron chi connectivity index (χ1n) is 9.95. The van der Waals surface area contributed by atoms with E-state index in [0.29, 0.717) is 13.2 Å². The molecule has 0 spiro atoms. The summed E-state index contributed by atoms with van der Waals surface area (Å²) in [5.74, 6) is 0.430. The molecule has 2 unspecified atom stereocenters. The summed E-state index contributed by atoms with van der Waals surface area (Å²) in [5, 5.41) is 0. The summed E-state index contributed by atoms with van der Waals surface area (Å²) in [6.07, 6.45) is -1.27. The number of halogens is 4. The molecule has 1 N–H and O–H groups in total. The average molecular weight is 607 g/mol. The van der Waals surface area contributed by atoms with Crippen LogP contribution in [0.5, 0.6) is 11.5 Å². The molecule has 2 atom stereocenters. The Morgan fingerprint density at radius 2 is 1.18 bits per heavy atom. The summed E-state index contributed by atoms with van der Waals surface area (Å²) in [5.41, 5.74) is 0. The van der Waals surface area contributed by atoms with Gasteiger partial charge in [-0.3, -0.25) is 0 Å². The molecule has 0 saturated heterocycles. The van der Waals surface area contributed by atoms with E-state index in [0.717, 1.165) is 24.3 Å². The molecule has 33 heavy (non-hydrogen) atoms. The van der Waals surface area contributed by atoms with Gasteiger partial charge in [0.05, 0.1) is 0 Å². The van der Waals surface area contributed by atoms with Crippen molar-refractivity contribution in [1.82, 2.24) is 0 Å². The molecule has 188 valence electrons. The third-order valence-electron chi connectivity index (χ3n) is 4.23. The van der Waals surface area contributed by atoms with Crippen LogP contribution in [-0.4, -0.2) is 42.0 Å². The van der Waals surface area contributed by atoms with Crippen LogP contribution in [0.4, 0.5) is 11.6 Å². The van der Waals surface area contributed by atoms with E-state index in [-0.39, 0.29) is 11.5 Å². The Balaban J connectivity index is 2.48. The number of alkyl halides is 3. The molecule has 0 radical (unpaired) electrons. The van der Waals surface area contributed by atoms with E-state index in [2.05, 4.69) is 0 Å². The Bertz CT molecular complexity index is 944. The first kappa shape index (κ1) is 27.6. The van der Waals surface area contributed by atoms with Gasteiger partial charge >= 0.3 is 197 Å². The Labute approximate surface area is 196 Å². The number of rotatable bonds is 12. The molecule has 0 saturated carbocycles.